The van der Waals surface area contributed by atoms with Gasteiger partial charge in [-0.05, 0) is 48.7 Å². The van der Waals surface area contributed by atoms with Crippen molar-refractivity contribution in [2.45, 2.75) is 18.3 Å². The molecule has 0 aliphatic heterocycles. The quantitative estimate of drug-likeness (QED) is 0.695. The first-order valence-electron chi connectivity index (χ1n) is 8.80. The molecule has 1 aliphatic carbocycles. The number of hydrogen-bond acceptors (Lipinski definition) is 4. The van der Waals surface area contributed by atoms with Crippen LogP contribution in [0, 0.1) is 0 Å². The molecule has 1 heterocycles. The lowest BCUT2D eigenvalue weighted by atomic mass is 9.94. The summed E-state index contributed by atoms with van der Waals surface area (Å²) in [5, 5.41) is 4.06. The molecular weight excluding hydrogens is 344 g/mol. The van der Waals surface area contributed by atoms with Gasteiger partial charge in [0, 0.05) is 28.9 Å². The summed E-state index contributed by atoms with van der Waals surface area (Å²) in [5.74, 6) is 1.97. The second-order valence-corrected chi connectivity index (χ2v) is 6.72. The number of aromatic nitrogens is 1. The molecule has 1 aliphatic rings. The van der Waals surface area contributed by atoms with E-state index in [1.165, 1.54) is 0 Å². The van der Waals surface area contributed by atoms with Gasteiger partial charge in [-0.2, -0.15) is 0 Å². The molecule has 140 valence electrons. The lowest BCUT2D eigenvalue weighted by Crippen LogP contribution is -2.27. The maximum absolute atomic E-state index is 13.1. The summed E-state index contributed by atoms with van der Waals surface area (Å²) < 4.78 is 15.9. The Morgan fingerprint density at radius 1 is 1.00 bits per heavy atom. The lowest BCUT2D eigenvalue weighted by molar-refractivity contribution is -0.118. The number of nitrogens with one attached hydrogen (secondary N) is 2. The van der Waals surface area contributed by atoms with Gasteiger partial charge in [0.25, 0.3) is 0 Å². The van der Waals surface area contributed by atoms with Crippen LogP contribution in [0.15, 0.2) is 42.6 Å². The Hall–Kier alpha value is -3.15. The van der Waals surface area contributed by atoms with Gasteiger partial charge in [-0.15, -0.1) is 0 Å². The molecule has 0 bridgehead atoms. The number of benzene rings is 2. The molecule has 2 aromatic carbocycles. The summed E-state index contributed by atoms with van der Waals surface area (Å²) in [6.07, 6.45) is 3.57. The van der Waals surface area contributed by atoms with Crippen molar-refractivity contribution < 1.29 is 19.0 Å². The second kappa shape index (κ2) is 6.54. The molecule has 1 fully saturated rings. The number of carbonyl (C=O) groups excluding carboxylic acids is 1. The van der Waals surface area contributed by atoms with Gasteiger partial charge in [0.1, 0.15) is 5.75 Å². The number of ether oxygens (including phenoxy) is 3. The summed E-state index contributed by atoms with van der Waals surface area (Å²) in [5.41, 5.74) is 2.17. The number of methoxy groups -OCH3 is 3. The first kappa shape index (κ1) is 17.3. The van der Waals surface area contributed by atoms with Crippen LogP contribution in [0.25, 0.3) is 10.9 Å². The number of carbonyl (C=O) groups is 1. The number of fused-ring (bicyclic) bond motifs is 1. The predicted octanol–water partition coefficient (Wildman–Crippen LogP) is 3.86. The van der Waals surface area contributed by atoms with E-state index in [1.54, 1.807) is 33.5 Å². The zero-order chi connectivity index (χ0) is 19.0. The Morgan fingerprint density at radius 2 is 1.78 bits per heavy atom. The normalized spacial score (nSPS) is 14.6. The molecule has 1 saturated carbocycles. The third-order valence-corrected chi connectivity index (χ3v) is 5.23. The van der Waals surface area contributed by atoms with Gasteiger partial charge in [-0.3, -0.25) is 4.79 Å². The van der Waals surface area contributed by atoms with Crippen molar-refractivity contribution in [1.82, 2.24) is 4.98 Å². The van der Waals surface area contributed by atoms with Gasteiger partial charge in [-0.1, -0.05) is 0 Å². The van der Waals surface area contributed by atoms with E-state index in [1.807, 2.05) is 30.5 Å². The molecule has 1 aromatic heterocycles. The van der Waals surface area contributed by atoms with Crippen molar-refractivity contribution in [2.75, 3.05) is 26.6 Å². The standard InChI is InChI=1S/C21H22N2O4/c1-25-14-5-6-17-15(11-14)16(12-22-17)21(8-9-21)20(24)23-13-4-7-18(26-2)19(10-13)27-3/h4-7,10-12,22H,8-9H2,1-3H3,(H,23,24). The monoisotopic (exact) mass is 366 g/mol. The van der Waals surface area contributed by atoms with Crippen molar-refractivity contribution >= 4 is 22.5 Å². The highest BCUT2D eigenvalue weighted by Crippen LogP contribution is 2.51. The summed E-state index contributed by atoms with van der Waals surface area (Å²) in [7, 11) is 4.80. The van der Waals surface area contributed by atoms with E-state index in [-0.39, 0.29) is 5.91 Å². The van der Waals surface area contributed by atoms with Crippen LogP contribution in [0.5, 0.6) is 17.2 Å². The fourth-order valence-electron chi connectivity index (χ4n) is 3.53. The van der Waals surface area contributed by atoms with Crippen LogP contribution in [-0.4, -0.2) is 32.2 Å². The van der Waals surface area contributed by atoms with Crippen LogP contribution in [0.1, 0.15) is 18.4 Å². The van der Waals surface area contributed by atoms with Gasteiger partial charge in [0.15, 0.2) is 11.5 Å². The van der Waals surface area contributed by atoms with Crippen molar-refractivity contribution in [3.63, 3.8) is 0 Å². The van der Waals surface area contributed by atoms with Gasteiger partial charge in [0.05, 0.1) is 26.7 Å². The first-order chi connectivity index (χ1) is 13.1. The van der Waals surface area contributed by atoms with Crippen LogP contribution in [0.2, 0.25) is 0 Å². The molecule has 0 radical (unpaired) electrons. The topological polar surface area (TPSA) is 72.6 Å². The summed E-state index contributed by atoms with van der Waals surface area (Å²) in [6.45, 7) is 0. The van der Waals surface area contributed by atoms with E-state index in [0.717, 1.165) is 35.1 Å². The number of H-pyrrole nitrogens is 1. The molecular formula is C21H22N2O4. The zero-order valence-corrected chi connectivity index (χ0v) is 15.6. The third kappa shape index (κ3) is 2.87. The van der Waals surface area contributed by atoms with Crippen molar-refractivity contribution in [3.8, 4) is 17.2 Å². The average Bonchev–Trinajstić information content (AvgIpc) is 3.40. The van der Waals surface area contributed by atoms with E-state index in [4.69, 9.17) is 14.2 Å². The van der Waals surface area contributed by atoms with Crippen molar-refractivity contribution in [2.24, 2.45) is 0 Å². The van der Waals surface area contributed by atoms with Crippen LogP contribution in [0.4, 0.5) is 5.69 Å². The van der Waals surface area contributed by atoms with Crippen LogP contribution >= 0.6 is 0 Å². The minimum absolute atomic E-state index is 0.0153. The summed E-state index contributed by atoms with van der Waals surface area (Å²) >= 11 is 0. The summed E-state index contributed by atoms with van der Waals surface area (Å²) in [4.78, 5) is 16.4. The maximum atomic E-state index is 13.1. The van der Waals surface area contributed by atoms with Crippen molar-refractivity contribution in [3.05, 3.63) is 48.2 Å². The molecule has 2 N–H and O–H groups in total. The minimum atomic E-state index is -0.516. The van der Waals surface area contributed by atoms with Crippen LogP contribution in [-0.2, 0) is 10.2 Å². The third-order valence-electron chi connectivity index (χ3n) is 5.23. The largest absolute Gasteiger partial charge is 0.497 e. The minimum Gasteiger partial charge on any atom is -0.497 e. The fourth-order valence-corrected chi connectivity index (χ4v) is 3.53. The molecule has 0 spiro atoms. The SMILES string of the molecule is COc1ccc2[nH]cc(C3(C(=O)Nc4ccc(OC)c(OC)c4)CC3)c2c1. The number of hydrogen-bond donors (Lipinski definition) is 2. The number of amides is 1. The summed E-state index contributed by atoms with van der Waals surface area (Å²) in [6, 6.07) is 11.2. The second-order valence-electron chi connectivity index (χ2n) is 6.72. The smallest absolute Gasteiger partial charge is 0.235 e. The number of rotatable bonds is 6. The van der Waals surface area contributed by atoms with E-state index >= 15 is 0 Å². The Labute approximate surface area is 157 Å². The van der Waals surface area contributed by atoms with Crippen LogP contribution < -0.4 is 19.5 Å². The molecule has 3 aromatic rings. The van der Waals surface area contributed by atoms with E-state index in [2.05, 4.69) is 10.3 Å². The van der Waals surface area contributed by atoms with Crippen molar-refractivity contribution in [1.29, 1.82) is 0 Å². The highest BCUT2D eigenvalue weighted by Gasteiger charge is 2.52. The zero-order valence-electron chi connectivity index (χ0n) is 15.6. The van der Waals surface area contributed by atoms with E-state index in [0.29, 0.717) is 17.2 Å². The number of anilines is 1. The maximum Gasteiger partial charge on any atom is 0.235 e. The van der Waals surface area contributed by atoms with Gasteiger partial charge in [-0.25, -0.2) is 0 Å². The lowest BCUT2D eigenvalue weighted by Gasteiger charge is -2.16. The Bertz CT molecular complexity index is 1000. The Balaban J connectivity index is 1.64. The molecule has 0 unspecified atom stereocenters. The highest BCUT2D eigenvalue weighted by atomic mass is 16.5. The molecule has 4 rings (SSSR count). The van der Waals surface area contributed by atoms with E-state index < -0.39 is 5.41 Å². The Kier molecular flexibility index (Phi) is 4.18. The van der Waals surface area contributed by atoms with E-state index in [9.17, 15) is 4.79 Å². The highest BCUT2D eigenvalue weighted by molar-refractivity contribution is 6.04. The Morgan fingerprint density at radius 3 is 2.44 bits per heavy atom. The van der Waals surface area contributed by atoms with Gasteiger partial charge in [0.2, 0.25) is 5.91 Å². The fraction of sp³-hybridized carbons (Fsp3) is 0.286. The predicted molar refractivity (Wildman–Crippen MR) is 104 cm³/mol. The van der Waals surface area contributed by atoms with Gasteiger partial charge >= 0.3 is 0 Å². The molecule has 0 atom stereocenters. The van der Waals surface area contributed by atoms with Gasteiger partial charge < -0.3 is 24.5 Å². The first-order valence-corrected chi connectivity index (χ1v) is 8.80. The molecule has 6 heteroatoms. The average molecular weight is 366 g/mol. The molecule has 1 amide bonds. The molecule has 0 saturated heterocycles. The van der Waals surface area contributed by atoms with Crippen LogP contribution in [0.3, 0.4) is 0 Å². The molecule has 6 nitrogen and oxygen atoms in total. The molecule has 27 heavy (non-hydrogen) atoms. The number of aromatic amines is 1.